The molecule has 1 nitrogen and oxygen atoms in total. The van der Waals surface area contributed by atoms with Crippen LogP contribution in [0, 0.1) is 5.41 Å². The lowest BCUT2D eigenvalue weighted by atomic mass is 9.92. The highest BCUT2D eigenvalue weighted by atomic mass is 32.2. The number of hydrogen-bond donors (Lipinski definition) is 0. The summed E-state index contributed by atoms with van der Waals surface area (Å²) < 4.78 is 0. The zero-order chi connectivity index (χ0) is 18.6. The van der Waals surface area contributed by atoms with Gasteiger partial charge >= 0.3 is 0 Å². The van der Waals surface area contributed by atoms with Crippen molar-refractivity contribution in [2.75, 3.05) is 0 Å². The van der Waals surface area contributed by atoms with Crippen LogP contribution in [0.15, 0.2) is 83.8 Å². The van der Waals surface area contributed by atoms with Crippen molar-refractivity contribution in [3.05, 3.63) is 78.9 Å². The molecule has 3 aromatic carbocycles. The van der Waals surface area contributed by atoms with Gasteiger partial charge in [0, 0.05) is 10.3 Å². The molecule has 0 unspecified atom stereocenters. The molecule has 0 aromatic heterocycles. The van der Waals surface area contributed by atoms with Crippen LogP contribution in [0.4, 0.5) is 0 Å². The maximum atomic E-state index is 12.4. The van der Waals surface area contributed by atoms with E-state index in [4.69, 9.17) is 0 Å². The van der Waals surface area contributed by atoms with Gasteiger partial charge in [0.25, 0.3) is 0 Å². The topological polar surface area (TPSA) is 17.1 Å². The van der Waals surface area contributed by atoms with Gasteiger partial charge in [0.15, 0.2) is 5.12 Å². The minimum atomic E-state index is -0.281. The minimum Gasteiger partial charge on any atom is -0.286 e. The normalized spacial score (nSPS) is 11.3. The highest BCUT2D eigenvalue weighted by molar-refractivity contribution is 8.13. The van der Waals surface area contributed by atoms with Crippen LogP contribution >= 0.6 is 11.8 Å². The van der Waals surface area contributed by atoms with Crippen molar-refractivity contribution in [2.24, 2.45) is 5.41 Å². The van der Waals surface area contributed by atoms with Gasteiger partial charge in [-0.2, -0.15) is 0 Å². The first-order chi connectivity index (χ1) is 12.5. The second-order valence-electron chi connectivity index (χ2n) is 7.09. The predicted molar refractivity (Wildman–Crippen MR) is 112 cm³/mol. The van der Waals surface area contributed by atoms with E-state index in [9.17, 15) is 4.79 Å². The first kappa shape index (κ1) is 18.5. The van der Waals surface area contributed by atoms with Crippen LogP contribution in [0.1, 0.15) is 27.2 Å². The van der Waals surface area contributed by atoms with Gasteiger partial charge in [0.1, 0.15) is 0 Å². The lowest BCUT2D eigenvalue weighted by Crippen LogP contribution is -2.19. The molecule has 3 aromatic rings. The van der Waals surface area contributed by atoms with Crippen LogP contribution in [-0.4, -0.2) is 5.12 Å². The highest BCUT2D eigenvalue weighted by Crippen LogP contribution is 2.33. The quantitative estimate of drug-likeness (QED) is 0.452. The molecule has 0 radical (unpaired) electrons. The summed E-state index contributed by atoms with van der Waals surface area (Å²) in [5.41, 5.74) is 4.51. The molecule has 0 aliphatic carbocycles. The van der Waals surface area contributed by atoms with Crippen LogP contribution in [0.2, 0.25) is 0 Å². The van der Waals surface area contributed by atoms with Crippen molar-refractivity contribution in [3.63, 3.8) is 0 Å². The molecule has 0 spiro atoms. The van der Waals surface area contributed by atoms with E-state index in [0.29, 0.717) is 0 Å². The molecule has 0 amide bonds. The Bertz CT molecular complexity index is 862. The molecule has 0 fully saturated rings. The van der Waals surface area contributed by atoms with Crippen molar-refractivity contribution in [3.8, 4) is 22.3 Å². The van der Waals surface area contributed by atoms with Crippen LogP contribution in [0.3, 0.4) is 0 Å². The van der Waals surface area contributed by atoms with Crippen molar-refractivity contribution < 1.29 is 4.79 Å². The summed E-state index contributed by atoms with van der Waals surface area (Å²) >= 11 is 1.34. The molecule has 132 valence electrons. The van der Waals surface area contributed by atoms with Gasteiger partial charge in [0.2, 0.25) is 0 Å². The van der Waals surface area contributed by atoms with Crippen molar-refractivity contribution in [1.82, 2.24) is 0 Å². The Morgan fingerprint density at radius 1 is 0.731 bits per heavy atom. The van der Waals surface area contributed by atoms with Crippen LogP contribution in [0.5, 0.6) is 0 Å². The molecule has 0 heterocycles. The molecule has 3 rings (SSSR count). The van der Waals surface area contributed by atoms with Crippen molar-refractivity contribution >= 4 is 16.9 Å². The predicted octanol–water partition coefficient (Wildman–Crippen LogP) is 7.08. The molecule has 0 atom stereocenters. The fraction of sp³-hybridized carbons (Fsp3) is 0.208. The van der Waals surface area contributed by atoms with E-state index in [1.165, 1.54) is 28.5 Å². The Hall–Kier alpha value is -2.32. The Morgan fingerprint density at radius 2 is 1.15 bits per heavy atom. The molecule has 0 bridgehead atoms. The molecule has 26 heavy (non-hydrogen) atoms. The molecular weight excluding hydrogens is 336 g/mol. The lowest BCUT2D eigenvalue weighted by molar-refractivity contribution is -0.118. The number of rotatable bonds is 5. The fourth-order valence-electron chi connectivity index (χ4n) is 2.59. The van der Waals surface area contributed by atoms with E-state index in [0.717, 1.165) is 16.9 Å². The summed E-state index contributed by atoms with van der Waals surface area (Å²) in [5, 5.41) is 0.222. The highest BCUT2D eigenvalue weighted by Gasteiger charge is 2.25. The van der Waals surface area contributed by atoms with Gasteiger partial charge in [-0.15, -0.1) is 0 Å². The Morgan fingerprint density at radius 3 is 1.62 bits per heavy atom. The SMILES string of the molecule is CCC(C)(C)C(=O)Sc1ccc(-c2ccc(-c3ccccc3)cc2)cc1. The average molecular weight is 361 g/mol. The first-order valence-electron chi connectivity index (χ1n) is 8.98. The maximum Gasteiger partial charge on any atom is 0.199 e. The van der Waals surface area contributed by atoms with E-state index < -0.39 is 0 Å². The average Bonchev–Trinajstić information content (AvgIpc) is 2.69. The fourth-order valence-corrected chi connectivity index (χ4v) is 3.50. The van der Waals surface area contributed by atoms with E-state index in [2.05, 4.69) is 67.6 Å². The number of carbonyl (C=O) groups is 1. The minimum absolute atomic E-state index is 0.222. The number of hydrogen-bond acceptors (Lipinski definition) is 2. The largest absolute Gasteiger partial charge is 0.286 e. The van der Waals surface area contributed by atoms with Crippen molar-refractivity contribution in [1.29, 1.82) is 0 Å². The lowest BCUT2D eigenvalue weighted by Gasteiger charge is -2.19. The van der Waals surface area contributed by atoms with Crippen LogP contribution in [-0.2, 0) is 4.79 Å². The van der Waals surface area contributed by atoms with Crippen LogP contribution < -0.4 is 0 Å². The molecule has 0 saturated carbocycles. The molecule has 2 heteroatoms. The molecule has 0 aliphatic heterocycles. The first-order valence-corrected chi connectivity index (χ1v) is 9.79. The van der Waals surface area contributed by atoms with E-state index in [-0.39, 0.29) is 10.5 Å². The Balaban J connectivity index is 1.74. The Kier molecular flexibility index (Phi) is 5.63. The smallest absolute Gasteiger partial charge is 0.199 e. The van der Waals surface area contributed by atoms with Gasteiger partial charge < -0.3 is 0 Å². The van der Waals surface area contributed by atoms with E-state index in [1.807, 2.05) is 32.0 Å². The zero-order valence-corrected chi connectivity index (χ0v) is 16.3. The number of benzene rings is 3. The van der Waals surface area contributed by atoms with Gasteiger partial charge in [-0.05, 0) is 40.8 Å². The van der Waals surface area contributed by atoms with Crippen molar-refractivity contribution in [2.45, 2.75) is 32.1 Å². The van der Waals surface area contributed by atoms with Gasteiger partial charge in [-0.25, -0.2) is 0 Å². The standard InChI is InChI=1S/C24H24OS/c1-4-24(2,3)23(25)26-22-16-14-21(15-17-22)20-12-10-19(11-13-20)18-8-6-5-7-9-18/h5-17H,4H2,1-3H3. The van der Waals surface area contributed by atoms with E-state index in [1.54, 1.807) is 0 Å². The Labute approximate surface area is 160 Å². The van der Waals surface area contributed by atoms with Gasteiger partial charge in [0.05, 0.1) is 0 Å². The summed E-state index contributed by atoms with van der Waals surface area (Å²) in [6.07, 6.45) is 0.852. The second-order valence-corrected chi connectivity index (χ2v) is 8.14. The maximum absolute atomic E-state index is 12.4. The summed E-state index contributed by atoms with van der Waals surface area (Å²) in [6.45, 7) is 6.07. The monoisotopic (exact) mass is 360 g/mol. The second kappa shape index (κ2) is 7.92. The third kappa shape index (κ3) is 4.25. The molecular formula is C24H24OS. The van der Waals surface area contributed by atoms with Gasteiger partial charge in [-0.1, -0.05) is 99.3 Å². The van der Waals surface area contributed by atoms with Gasteiger partial charge in [-0.3, -0.25) is 4.79 Å². The third-order valence-electron chi connectivity index (χ3n) is 4.83. The summed E-state index contributed by atoms with van der Waals surface area (Å²) in [5.74, 6) is 0. The number of thioether (sulfide) groups is 1. The van der Waals surface area contributed by atoms with E-state index >= 15 is 0 Å². The number of carbonyl (C=O) groups excluding carboxylic acids is 1. The summed E-state index contributed by atoms with van der Waals surface area (Å²) in [7, 11) is 0. The summed E-state index contributed by atoms with van der Waals surface area (Å²) in [6, 6.07) is 27.2. The molecule has 0 aliphatic rings. The van der Waals surface area contributed by atoms with Crippen LogP contribution in [0.25, 0.3) is 22.3 Å². The molecule has 0 saturated heterocycles. The third-order valence-corrected chi connectivity index (χ3v) is 6.07. The summed E-state index contributed by atoms with van der Waals surface area (Å²) in [4.78, 5) is 13.4. The zero-order valence-electron chi connectivity index (χ0n) is 15.5. The molecule has 0 N–H and O–H groups in total.